The number of rotatable bonds is 2. The van der Waals surface area contributed by atoms with Crippen LogP contribution in [0.4, 0.5) is 0 Å². The molecule has 1 atom stereocenters. The van der Waals surface area contributed by atoms with Gasteiger partial charge in [0.05, 0.1) is 0 Å². The summed E-state index contributed by atoms with van der Waals surface area (Å²) < 4.78 is 0. The van der Waals surface area contributed by atoms with Crippen LogP contribution >= 0.6 is 0 Å². The lowest BCUT2D eigenvalue weighted by Gasteiger charge is -2.17. The van der Waals surface area contributed by atoms with Crippen molar-refractivity contribution < 1.29 is 0 Å². The van der Waals surface area contributed by atoms with E-state index in [1.807, 2.05) is 6.08 Å². The Kier molecular flexibility index (Phi) is 3.48. The van der Waals surface area contributed by atoms with Crippen molar-refractivity contribution in [3.63, 3.8) is 0 Å². The summed E-state index contributed by atoms with van der Waals surface area (Å²) in [6.45, 7) is 8.64. The standard InChI is InChI=1S/C16H22/c1-4-13-6-5-7-15-9-8-14(12(2)3)10-11-16(13)15/h4-7,12,14H,1,8-11H2,2-3H3. The maximum Gasteiger partial charge on any atom is -0.0228 e. The van der Waals surface area contributed by atoms with Gasteiger partial charge in [0.1, 0.15) is 0 Å². The lowest BCUT2D eigenvalue weighted by molar-refractivity contribution is 0.345. The zero-order chi connectivity index (χ0) is 11.5. The van der Waals surface area contributed by atoms with Gasteiger partial charge < -0.3 is 0 Å². The van der Waals surface area contributed by atoms with E-state index in [9.17, 15) is 0 Å². The third-order valence-electron chi connectivity index (χ3n) is 4.02. The molecule has 1 aliphatic carbocycles. The Hall–Kier alpha value is -1.04. The van der Waals surface area contributed by atoms with Gasteiger partial charge >= 0.3 is 0 Å². The van der Waals surface area contributed by atoms with Gasteiger partial charge in [-0.2, -0.15) is 0 Å². The van der Waals surface area contributed by atoms with Crippen LogP contribution in [0, 0.1) is 11.8 Å². The largest absolute Gasteiger partial charge is 0.0985 e. The van der Waals surface area contributed by atoms with Gasteiger partial charge in [0.2, 0.25) is 0 Å². The van der Waals surface area contributed by atoms with E-state index in [0.29, 0.717) is 0 Å². The molecule has 1 aromatic carbocycles. The van der Waals surface area contributed by atoms with Crippen LogP contribution in [0.1, 0.15) is 43.4 Å². The molecule has 0 spiro atoms. The molecule has 0 bridgehead atoms. The van der Waals surface area contributed by atoms with Crippen molar-refractivity contribution >= 4 is 6.08 Å². The zero-order valence-corrected chi connectivity index (χ0v) is 10.5. The van der Waals surface area contributed by atoms with Gasteiger partial charge in [-0.25, -0.2) is 0 Å². The smallest absolute Gasteiger partial charge is 0.0228 e. The molecule has 0 amide bonds. The molecule has 0 nitrogen and oxygen atoms in total. The second kappa shape index (κ2) is 4.86. The molecule has 0 fully saturated rings. The predicted molar refractivity (Wildman–Crippen MR) is 71.5 cm³/mol. The Balaban J connectivity index is 2.27. The van der Waals surface area contributed by atoms with Gasteiger partial charge in [-0.3, -0.25) is 0 Å². The summed E-state index contributed by atoms with van der Waals surface area (Å²) in [5, 5.41) is 0. The van der Waals surface area contributed by atoms with Crippen LogP contribution < -0.4 is 0 Å². The quantitative estimate of drug-likeness (QED) is 0.637. The van der Waals surface area contributed by atoms with Crippen LogP contribution in [-0.4, -0.2) is 0 Å². The molecular formula is C16H22. The van der Waals surface area contributed by atoms with Crippen molar-refractivity contribution in [2.75, 3.05) is 0 Å². The molecule has 0 saturated carbocycles. The Morgan fingerprint density at radius 3 is 2.69 bits per heavy atom. The maximum absolute atomic E-state index is 3.92. The fraction of sp³-hybridized carbons (Fsp3) is 0.500. The first-order valence-electron chi connectivity index (χ1n) is 6.45. The van der Waals surface area contributed by atoms with Gasteiger partial charge in [0, 0.05) is 0 Å². The number of fused-ring (bicyclic) bond motifs is 1. The fourth-order valence-corrected chi connectivity index (χ4v) is 2.87. The Bertz CT molecular complexity index is 374. The highest BCUT2D eigenvalue weighted by Gasteiger charge is 2.19. The number of benzene rings is 1. The average molecular weight is 214 g/mol. The molecular weight excluding hydrogens is 192 g/mol. The predicted octanol–water partition coefficient (Wildman–Crippen LogP) is 4.48. The lowest BCUT2D eigenvalue weighted by Crippen LogP contribution is -2.08. The zero-order valence-electron chi connectivity index (χ0n) is 10.5. The van der Waals surface area contributed by atoms with E-state index in [2.05, 4.69) is 38.6 Å². The average Bonchev–Trinajstić information content (AvgIpc) is 2.50. The van der Waals surface area contributed by atoms with Crippen LogP contribution in [0.25, 0.3) is 6.08 Å². The minimum atomic E-state index is 0.821. The summed E-state index contributed by atoms with van der Waals surface area (Å²) in [5.74, 6) is 1.71. The Labute approximate surface area is 99.4 Å². The van der Waals surface area contributed by atoms with Crippen molar-refractivity contribution in [3.8, 4) is 0 Å². The molecule has 0 radical (unpaired) electrons. The van der Waals surface area contributed by atoms with Crippen LogP contribution in [0.2, 0.25) is 0 Å². The molecule has 0 N–H and O–H groups in total. The SMILES string of the molecule is C=Cc1cccc2c1CCC(C(C)C)CC2. The van der Waals surface area contributed by atoms with Crippen LogP contribution in [0.5, 0.6) is 0 Å². The molecule has 1 aliphatic rings. The molecule has 0 aromatic heterocycles. The van der Waals surface area contributed by atoms with E-state index < -0.39 is 0 Å². The number of hydrogen-bond donors (Lipinski definition) is 0. The van der Waals surface area contributed by atoms with Gasteiger partial charge in [0.15, 0.2) is 0 Å². The summed E-state index contributed by atoms with van der Waals surface area (Å²) >= 11 is 0. The third-order valence-corrected chi connectivity index (χ3v) is 4.02. The number of aryl methyl sites for hydroxylation is 1. The topological polar surface area (TPSA) is 0 Å². The van der Waals surface area contributed by atoms with Crippen molar-refractivity contribution in [3.05, 3.63) is 41.5 Å². The van der Waals surface area contributed by atoms with Gasteiger partial charge in [-0.05, 0) is 54.2 Å². The Morgan fingerprint density at radius 1 is 1.25 bits per heavy atom. The summed E-state index contributed by atoms with van der Waals surface area (Å²) in [4.78, 5) is 0. The Morgan fingerprint density at radius 2 is 2.00 bits per heavy atom. The van der Waals surface area contributed by atoms with Crippen molar-refractivity contribution in [2.24, 2.45) is 11.8 Å². The van der Waals surface area contributed by atoms with E-state index in [1.165, 1.54) is 31.2 Å². The van der Waals surface area contributed by atoms with Crippen LogP contribution in [0.15, 0.2) is 24.8 Å². The fourth-order valence-electron chi connectivity index (χ4n) is 2.87. The molecule has 1 aromatic rings. The lowest BCUT2D eigenvalue weighted by atomic mass is 9.88. The molecule has 0 heterocycles. The summed E-state index contributed by atoms with van der Waals surface area (Å²) in [6, 6.07) is 6.66. The molecule has 1 unspecified atom stereocenters. The third kappa shape index (κ3) is 2.21. The van der Waals surface area contributed by atoms with Crippen LogP contribution in [0.3, 0.4) is 0 Å². The van der Waals surface area contributed by atoms with E-state index in [4.69, 9.17) is 0 Å². The van der Waals surface area contributed by atoms with E-state index in [0.717, 1.165) is 11.8 Å². The molecule has 0 aliphatic heterocycles. The molecule has 2 rings (SSSR count). The minimum absolute atomic E-state index is 0.821. The van der Waals surface area contributed by atoms with Crippen molar-refractivity contribution in [1.82, 2.24) is 0 Å². The van der Waals surface area contributed by atoms with E-state index in [-0.39, 0.29) is 0 Å². The van der Waals surface area contributed by atoms with Gasteiger partial charge in [-0.1, -0.05) is 44.7 Å². The molecule has 86 valence electrons. The maximum atomic E-state index is 3.92. The van der Waals surface area contributed by atoms with Crippen molar-refractivity contribution in [2.45, 2.75) is 39.5 Å². The summed E-state index contributed by atoms with van der Waals surface area (Å²) in [5.41, 5.74) is 4.46. The van der Waals surface area contributed by atoms with E-state index in [1.54, 1.807) is 11.1 Å². The highest BCUT2D eigenvalue weighted by atomic mass is 14.2. The van der Waals surface area contributed by atoms with Crippen LogP contribution in [-0.2, 0) is 12.8 Å². The molecule has 0 heteroatoms. The highest BCUT2D eigenvalue weighted by Crippen LogP contribution is 2.31. The minimum Gasteiger partial charge on any atom is -0.0985 e. The van der Waals surface area contributed by atoms with Crippen molar-refractivity contribution in [1.29, 1.82) is 0 Å². The van der Waals surface area contributed by atoms with Gasteiger partial charge in [-0.15, -0.1) is 0 Å². The highest BCUT2D eigenvalue weighted by molar-refractivity contribution is 5.54. The van der Waals surface area contributed by atoms with E-state index >= 15 is 0 Å². The molecule has 16 heavy (non-hydrogen) atoms. The summed E-state index contributed by atoms with van der Waals surface area (Å²) in [6.07, 6.45) is 7.19. The first kappa shape index (κ1) is 11.4. The summed E-state index contributed by atoms with van der Waals surface area (Å²) in [7, 11) is 0. The second-order valence-corrected chi connectivity index (χ2v) is 5.27. The first-order valence-corrected chi connectivity index (χ1v) is 6.45. The second-order valence-electron chi connectivity index (χ2n) is 5.27. The van der Waals surface area contributed by atoms with Gasteiger partial charge in [0.25, 0.3) is 0 Å². The molecule has 0 saturated heterocycles. The normalized spacial score (nSPS) is 20.3. The number of hydrogen-bond acceptors (Lipinski definition) is 0. The first-order chi connectivity index (χ1) is 7.72. The monoisotopic (exact) mass is 214 g/mol.